The molecule has 0 radical (unpaired) electrons. The molecule has 0 bridgehead atoms. The summed E-state index contributed by atoms with van der Waals surface area (Å²) in [6.45, 7) is 2.34. The van der Waals surface area contributed by atoms with E-state index >= 15 is 0 Å². The summed E-state index contributed by atoms with van der Waals surface area (Å²) in [6.07, 6.45) is 0. The van der Waals surface area contributed by atoms with E-state index in [1.807, 2.05) is 31.2 Å². The fraction of sp³-hybridized carbons (Fsp3) is 0.200. The lowest BCUT2D eigenvalue weighted by atomic mass is 10.1. The van der Waals surface area contributed by atoms with E-state index in [9.17, 15) is 0 Å². The second-order valence-electron chi connectivity index (χ2n) is 4.51. The highest BCUT2D eigenvalue weighted by molar-refractivity contribution is 9.10. The van der Waals surface area contributed by atoms with E-state index in [2.05, 4.69) is 15.9 Å². The summed E-state index contributed by atoms with van der Waals surface area (Å²) < 4.78 is 6.81. The molecule has 0 aliphatic carbocycles. The molecule has 2 rings (SSSR count). The molecule has 0 aromatic heterocycles. The van der Waals surface area contributed by atoms with E-state index in [1.54, 1.807) is 12.1 Å². The summed E-state index contributed by atoms with van der Waals surface area (Å²) in [4.78, 5) is 0. The van der Waals surface area contributed by atoms with E-state index in [0.29, 0.717) is 16.7 Å². The number of halogens is 3. The predicted octanol–water partition coefficient (Wildman–Crippen LogP) is 5.35. The number of hydrogen-bond acceptors (Lipinski definition) is 2. The molecular formula is C15H14BrCl2NO. The van der Waals surface area contributed by atoms with Crippen molar-refractivity contribution in [2.45, 2.75) is 19.6 Å². The van der Waals surface area contributed by atoms with E-state index in [-0.39, 0.29) is 6.04 Å². The number of hydrogen-bond donors (Lipinski definition) is 1. The summed E-state index contributed by atoms with van der Waals surface area (Å²) >= 11 is 15.3. The van der Waals surface area contributed by atoms with E-state index < -0.39 is 0 Å². The molecule has 2 aromatic carbocycles. The first-order valence-electron chi connectivity index (χ1n) is 6.09. The Morgan fingerprint density at radius 3 is 2.55 bits per heavy atom. The molecule has 0 spiro atoms. The van der Waals surface area contributed by atoms with Crippen LogP contribution in [-0.4, -0.2) is 0 Å². The Bertz CT molecular complexity index is 617. The Morgan fingerprint density at radius 1 is 1.15 bits per heavy atom. The lowest BCUT2D eigenvalue weighted by molar-refractivity contribution is 0.301. The molecule has 0 heterocycles. The molecular weight excluding hydrogens is 361 g/mol. The minimum absolute atomic E-state index is 0.101. The van der Waals surface area contributed by atoms with Crippen molar-refractivity contribution in [1.29, 1.82) is 0 Å². The van der Waals surface area contributed by atoms with Gasteiger partial charge in [-0.3, -0.25) is 0 Å². The second-order valence-corrected chi connectivity index (χ2v) is 6.24. The first kappa shape index (κ1) is 15.6. The molecule has 2 N–H and O–H groups in total. The summed E-state index contributed by atoms with van der Waals surface area (Å²) in [5.74, 6) is 0.772. The van der Waals surface area contributed by atoms with Gasteiger partial charge in [-0.15, -0.1) is 0 Å². The summed E-state index contributed by atoms with van der Waals surface area (Å²) in [6, 6.07) is 11.1. The van der Waals surface area contributed by atoms with Crippen LogP contribution in [0.5, 0.6) is 5.75 Å². The molecule has 0 saturated heterocycles. The minimum Gasteiger partial charge on any atom is -0.489 e. The molecule has 0 unspecified atom stereocenters. The summed E-state index contributed by atoms with van der Waals surface area (Å²) in [5, 5.41) is 1.06. The van der Waals surface area contributed by atoms with E-state index in [4.69, 9.17) is 33.7 Å². The third-order valence-corrected chi connectivity index (χ3v) is 4.07. The van der Waals surface area contributed by atoms with Crippen molar-refractivity contribution in [3.8, 4) is 5.75 Å². The molecule has 106 valence electrons. The fourth-order valence-corrected chi connectivity index (χ4v) is 2.50. The highest BCUT2D eigenvalue weighted by atomic mass is 79.9. The van der Waals surface area contributed by atoms with Crippen LogP contribution in [0.15, 0.2) is 40.9 Å². The first-order chi connectivity index (χ1) is 9.47. The van der Waals surface area contributed by atoms with Crippen molar-refractivity contribution in [2.75, 3.05) is 0 Å². The summed E-state index contributed by atoms with van der Waals surface area (Å²) in [7, 11) is 0. The Kier molecular flexibility index (Phi) is 5.33. The van der Waals surface area contributed by atoms with Crippen LogP contribution in [0.3, 0.4) is 0 Å². The minimum atomic E-state index is -0.101. The van der Waals surface area contributed by atoms with Crippen LogP contribution in [0.25, 0.3) is 0 Å². The van der Waals surface area contributed by atoms with Crippen molar-refractivity contribution in [2.24, 2.45) is 5.73 Å². The molecule has 2 aromatic rings. The van der Waals surface area contributed by atoms with Crippen molar-refractivity contribution in [3.63, 3.8) is 0 Å². The Morgan fingerprint density at radius 2 is 1.90 bits per heavy atom. The third-order valence-electron chi connectivity index (χ3n) is 2.84. The van der Waals surface area contributed by atoms with Gasteiger partial charge in [0.2, 0.25) is 0 Å². The van der Waals surface area contributed by atoms with Gasteiger partial charge in [-0.2, -0.15) is 0 Å². The monoisotopic (exact) mass is 373 g/mol. The molecule has 0 aliphatic heterocycles. The van der Waals surface area contributed by atoms with Gasteiger partial charge in [0, 0.05) is 16.1 Å². The van der Waals surface area contributed by atoms with Crippen LogP contribution in [0.2, 0.25) is 10.0 Å². The van der Waals surface area contributed by atoms with Gasteiger partial charge in [-0.25, -0.2) is 0 Å². The number of nitrogens with two attached hydrogens (primary N) is 1. The molecule has 0 aliphatic rings. The van der Waals surface area contributed by atoms with Crippen LogP contribution in [0.1, 0.15) is 24.1 Å². The van der Waals surface area contributed by atoms with Gasteiger partial charge in [0.1, 0.15) is 12.4 Å². The van der Waals surface area contributed by atoms with Crippen LogP contribution < -0.4 is 10.5 Å². The van der Waals surface area contributed by atoms with Gasteiger partial charge in [0.25, 0.3) is 0 Å². The average Bonchev–Trinajstić information content (AvgIpc) is 2.41. The zero-order chi connectivity index (χ0) is 14.7. The Hall–Kier alpha value is -0.740. The molecule has 20 heavy (non-hydrogen) atoms. The van der Waals surface area contributed by atoms with Gasteiger partial charge in [0.05, 0.1) is 10.0 Å². The van der Waals surface area contributed by atoms with Crippen molar-refractivity contribution in [1.82, 2.24) is 0 Å². The van der Waals surface area contributed by atoms with Gasteiger partial charge in [-0.1, -0.05) is 45.2 Å². The van der Waals surface area contributed by atoms with Gasteiger partial charge in [-0.05, 0) is 42.8 Å². The van der Waals surface area contributed by atoms with Crippen LogP contribution >= 0.6 is 39.1 Å². The third kappa shape index (κ3) is 3.89. The van der Waals surface area contributed by atoms with E-state index in [0.717, 1.165) is 21.3 Å². The topological polar surface area (TPSA) is 35.2 Å². The zero-order valence-electron chi connectivity index (χ0n) is 10.9. The van der Waals surface area contributed by atoms with Crippen molar-refractivity contribution >= 4 is 39.1 Å². The maximum atomic E-state index is 5.98. The molecule has 0 fully saturated rings. The molecule has 5 heteroatoms. The highest BCUT2D eigenvalue weighted by Gasteiger charge is 2.09. The van der Waals surface area contributed by atoms with Gasteiger partial charge in [0.15, 0.2) is 0 Å². The number of ether oxygens (including phenoxy) is 1. The maximum absolute atomic E-state index is 5.98. The van der Waals surface area contributed by atoms with E-state index in [1.165, 1.54) is 0 Å². The smallest absolute Gasteiger partial charge is 0.124 e. The quantitative estimate of drug-likeness (QED) is 0.782. The Balaban J connectivity index is 2.16. The SMILES string of the molecule is C[C@@H](N)c1cc(Br)ccc1OCc1ccc(Cl)c(Cl)c1. The average molecular weight is 375 g/mol. The largest absolute Gasteiger partial charge is 0.489 e. The number of benzene rings is 2. The van der Waals surface area contributed by atoms with Crippen LogP contribution in [-0.2, 0) is 6.61 Å². The maximum Gasteiger partial charge on any atom is 0.124 e. The first-order valence-corrected chi connectivity index (χ1v) is 7.64. The fourth-order valence-electron chi connectivity index (χ4n) is 1.80. The molecule has 1 atom stereocenters. The van der Waals surface area contributed by atoms with Crippen molar-refractivity contribution < 1.29 is 4.74 Å². The normalized spacial score (nSPS) is 12.2. The lowest BCUT2D eigenvalue weighted by Crippen LogP contribution is -2.08. The predicted molar refractivity (Wildman–Crippen MR) is 87.5 cm³/mol. The van der Waals surface area contributed by atoms with Crippen molar-refractivity contribution in [3.05, 3.63) is 62.0 Å². The zero-order valence-corrected chi connectivity index (χ0v) is 14.0. The Labute approximate surface area is 137 Å². The lowest BCUT2D eigenvalue weighted by Gasteiger charge is -2.14. The molecule has 0 amide bonds. The van der Waals surface area contributed by atoms with Gasteiger partial charge >= 0.3 is 0 Å². The number of rotatable bonds is 4. The second kappa shape index (κ2) is 6.81. The molecule has 0 saturated carbocycles. The highest BCUT2D eigenvalue weighted by Crippen LogP contribution is 2.29. The van der Waals surface area contributed by atoms with Crippen LogP contribution in [0.4, 0.5) is 0 Å². The van der Waals surface area contributed by atoms with Gasteiger partial charge < -0.3 is 10.5 Å². The molecule has 2 nitrogen and oxygen atoms in total. The summed E-state index contributed by atoms with van der Waals surface area (Å²) in [5.41, 5.74) is 7.87. The van der Waals surface area contributed by atoms with Crippen LogP contribution in [0, 0.1) is 0 Å². The standard InChI is InChI=1S/C15H14BrCl2NO/c1-9(19)12-7-11(16)3-5-15(12)20-8-10-2-4-13(17)14(18)6-10/h2-7,9H,8,19H2,1H3/t9-/m1/s1.